The lowest BCUT2D eigenvalue weighted by Gasteiger charge is -2.13. The molecule has 0 spiro atoms. The zero-order valence-electron chi connectivity index (χ0n) is 9.65. The van der Waals surface area contributed by atoms with Crippen LogP contribution < -0.4 is 11.1 Å². The van der Waals surface area contributed by atoms with Crippen LogP contribution in [0.4, 0.5) is 21.5 Å². The van der Waals surface area contributed by atoms with Crippen LogP contribution in [0.15, 0.2) is 36.4 Å². The van der Waals surface area contributed by atoms with E-state index in [0.717, 1.165) is 0 Å². The van der Waals surface area contributed by atoms with E-state index in [4.69, 9.17) is 22.4 Å². The standard InChI is InChI=1S/C13H10ClFN2O2/c14-9-5-4-7(15)6-11(9)17-12-8(13(18)19)2-1-3-10(12)16/h1-6,17H,16H2,(H,18,19). The quantitative estimate of drug-likeness (QED) is 0.752. The molecule has 0 aromatic heterocycles. The number of carboxylic acids is 1. The van der Waals surface area contributed by atoms with Gasteiger partial charge in [-0.2, -0.15) is 0 Å². The van der Waals surface area contributed by atoms with Crippen molar-refractivity contribution in [3.63, 3.8) is 0 Å². The van der Waals surface area contributed by atoms with Gasteiger partial charge in [-0.25, -0.2) is 9.18 Å². The van der Waals surface area contributed by atoms with Gasteiger partial charge in [0.25, 0.3) is 0 Å². The molecule has 0 atom stereocenters. The van der Waals surface area contributed by atoms with Gasteiger partial charge in [0.2, 0.25) is 0 Å². The van der Waals surface area contributed by atoms with Crippen LogP contribution in [0.25, 0.3) is 0 Å². The van der Waals surface area contributed by atoms with E-state index >= 15 is 0 Å². The second-order valence-corrected chi connectivity index (χ2v) is 4.23. The third-order valence-electron chi connectivity index (χ3n) is 2.52. The molecule has 0 radical (unpaired) electrons. The van der Waals surface area contributed by atoms with E-state index in [0.29, 0.717) is 0 Å². The number of carbonyl (C=O) groups is 1. The number of rotatable bonds is 3. The summed E-state index contributed by atoms with van der Waals surface area (Å²) in [6.45, 7) is 0. The molecule has 4 N–H and O–H groups in total. The summed E-state index contributed by atoms with van der Waals surface area (Å²) in [6, 6.07) is 8.21. The number of hydrogen-bond acceptors (Lipinski definition) is 3. The average Bonchev–Trinajstić information content (AvgIpc) is 2.35. The van der Waals surface area contributed by atoms with Crippen LogP contribution in [0.3, 0.4) is 0 Å². The van der Waals surface area contributed by atoms with Crippen LogP contribution >= 0.6 is 11.6 Å². The largest absolute Gasteiger partial charge is 0.478 e. The zero-order valence-corrected chi connectivity index (χ0v) is 10.4. The van der Waals surface area contributed by atoms with Crippen LogP contribution in [0.2, 0.25) is 5.02 Å². The highest BCUT2D eigenvalue weighted by molar-refractivity contribution is 6.33. The molecule has 4 nitrogen and oxygen atoms in total. The molecule has 0 aliphatic carbocycles. The molecule has 2 aromatic rings. The molecular weight excluding hydrogens is 271 g/mol. The van der Waals surface area contributed by atoms with Crippen molar-refractivity contribution in [3.8, 4) is 0 Å². The normalized spacial score (nSPS) is 10.2. The molecule has 0 aliphatic heterocycles. The molecule has 19 heavy (non-hydrogen) atoms. The fraction of sp³-hybridized carbons (Fsp3) is 0. The number of halogens is 2. The molecule has 0 aliphatic rings. The molecule has 0 saturated heterocycles. The molecular formula is C13H10ClFN2O2. The number of para-hydroxylation sites is 1. The summed E-state index contributed by atoms with van der Waals surface area (Å²) >= 11 is 5.91. The molecule has 2 rings (SSSR count). The number of anilines is 3. The van der Waals surface area contributed by atoms with Crippen molar-refractivity contribution in [3.05, 3.63) is 52.8 Å². The topological polar surface area (TPSA) is 75.4 Å². The van der Waals surface area contributed by atoms with Crippen LogP contribution in [0, 0.1) is 5.82 Å². The van der Waals surface area contributed by atoms with Gasteiger partial charge in [0, 0.05) is 0 Å². The van der Waals surface area contributed by atoms with Gasteiger partial charge in [-0.1, -0.05) is 17.7 Å². The first-order valence-corrected chi connectivity index (χ1v) is 5.70. The minimum absolute atomic E-state index is 0.0136. The summed E-state index contributed by atoms with van der Waals surface area (Å²) < 4.78 is 13.2. The Bertz CT molecular complexity index is 647. The highest BCUT2D eigenvalue weighted by Gasteiger charge is 2.14. The van der Waals surface area contributed by atoms with Crippen molar-refractivity contribution in [2.75, 3.05) is 11.1 Å². The predicted octanol–water partition coefficient (Wildman–Crippen LogP) is 3.50. The van der Waals surface area contributed by atoms with Gasteiger partial charge in [-0.3, -0.25) is 0 Å². The van der Waals surface area contributed by atoms with Crippen molar-refractivity contribution in [2.24, 2.45) is 0 Å². The van der Waals surface area contributed by atoms with Crippen LogP contribution in [-0.4, -0.2) is 11.1 Å². The van der Waals surface area contributed by atoms with Crippen LogP contribution in [0.1, 0.15) is 10.4 Å². The van der Waals surface area contributed by atoms with E-state index in [1.807, 2.05) is 0 Å². The Morgan fingerprint density at radius 3 is 2.74 bits per heavy atom. The smallest absolute Gasteiger partial charge is 0.337 e. The summed E-state index contributed by atoms with van der Waals surface area (Å²) in [7, 11) is 0. The maximum atomic E-state index is 13.2. The van der Waals surface area contributed by atoms with Gasteiger partial charge >= 0.3 is 5.97 Å². The molecule has 0 unspecified atom stereocenters. The Kier molecular flexibility index (Phi) is 3.57. The van der Waals surface area contributed by atoms with E-state index in [1.54, 1.807) is 6.07 Å². The summed E-state index contributed by atoms with van der Waals surface area (Å²) in [5, 5.41) is 12.1. The Hall–Kier alpha value is -2.27. The fourth-order valence-corrected chi connectivity index (χ4v) is 1.78. The second-order valence-electron chi connectivity index (χ2n) is 3.82. The van der Waals surface area contributed by atoms with E-state index in [1.165, 1.54) is 30.3 Å². The highest BCUT2D eigenvalue weighted by atomic mass is 35.5. The molecule has 2 aromatic carbocycles. The minimum atomic E-state index is -1.14. The molecule has 98 valence electrons. The lowest BCUT2D eigenvalue weighted by atomic mass is 10.1. The summed E-state index contributed by atoms with van der Waals surface area (Å²) in [5.74, 6) is -1.62. The lowest BCUT2D eigenvalue weighted by molar-refractivity contribution is 0.0698. The summed E-state index contributed by atoms with van der Waals surface area (Å²) in [5.41, 5.74) is 6.39. The fourth-order valence-electron chi connectivity index (χ4n) is 1.62. The van der Waals surface area contributed by atoms with Gasteiger partial charge in [0.05, 0.1) is 27.6 Å². The van der Waals surface area contributed by atoms with Crippen LogP contribution in [-0.2, 0) is 0 Å². The Morgan fingerprint density at radius 1 is 1.32 bits per heavy atom. The molecule has 0 amide bonds. The molecule has 0 bridgehead atoms. The van der Waals surface area contributed by atoms with Crippen molar-refractivity contribution in [2.45, 2.75) is 0 Å². The van der Waals surface area contributed by atoms with E-state index in [-0.39, 0.29) is 27.6 Å². The first kappa shape index (κ1) is 13.2. The second kappa shape index (κ2) is 5.16. The Balaban J connectivity index is 2.49. The number of carboxylic acid groups (broad SMARTS) is 1. The average molecular weight is 281 g/mol. The molecule has 6 heteroatoms. The van der Waals surface area contributed by atoms with E-state index in [2.05, 4.69) is 5.32 Å². The monoisotopic (exact) mass is 280 g/mol. The van der Waals surface area contributed by atoms with Gasteiger partial charge < -0.3 is 16.2 Å². The predicted molar refractivity (Wildman–Crippen MR) is 72.5 cm³/mol. The van der Waals surface area contributed by atoms with Crippen LogP contribution in [0.5, 0.6) is 0 Å². The SMILES string of the molecule is Nc1cccc(C(=O)O)c1Nc1cc(F)ccc1Cl. The maximum absolute atomic E-state index is 13.2. The Morgan fingerprint density at radius 2 is 2.05 bits per heavy atom. The number of nitrogen functional groups attached to an aromatic ring is 1. The van der Waals surface area contributed by atoms with Gasteiger partial charge in [-0.15, -0.1) is 0 Å². The number of nitrogens with two attached hydrogens (primary N) is 1. The maximum Gasteiger partial charge on any atom is 0.337 e. The first-order chi connectivity index (χ1) is 8.99. The van der Waals surface area contributed by atoms with Crippen molar-refractivity contribution >= 4 is 34.6 Å². The van der Waals surface area contributed by atoms with Crippen molar-refractivity contribution in [1.29, 1.82) is 0 Å². The number of benzene rings is 2. The zero-order chi connectivity index (χ0) is 14.0. The van der Waals surface area contributed by atoms with Gasteiger partial charge in [0.1, 0.15) is 5.82 Å². The lowest BCUT2D eigenvalue weighted by Crippen LogP contribution is -2.06. The minimum Gasteiger partial charge on any atom is -0.478 e. The number of aromatic carboxylic acids is 1. The first-order valence-electron chi connectivity index (χ1n) is 5.33. The third-order valence-corrected chi connectivity index (χ3v) is 2.84. The number of nitrogens with one attached hydrogen (secondary N) is 1. The van der Waals surface area contributed by atoms with Gasteiger partial charge in [-0.05, 0) is 30.3 Å². The summed E-state index contributed by atoms with van der Waals surface area (Å²) in [6.07, 6.45) is 0. The molecule has 0 heterocycles. The van der Waals surface area contributed by atoms with Crippen molar-refractivity contribution < 1.29 is 14.3 Å². The number of hydrogen-bond donors (Lipinski definition) is 3. The molecule has 0 fully saturated rings. The van der Waals surface area contributed by atoms with Crippen molar-refractivity contribution in [1.82, 2.24) is 0 Å². The highest BCUT2D eigenvalue weighted by Crippen LogP contribution is 2.31. The Labute approximate surface area is 113 Å². The van der Waals surface area contributed by atoms with E-state index in [9.17, 15) is 9.18 Å². The third kappa shape index (κ3) is 2.77. The molecule has 0 saturated carbocycles. The van der Waals surface area contributed by atoms with Gasteiger partial charge in [0.15, 0.2) is 0 Å². The summed E-state index contributed by atoms with van der Waals surface area (Å²) in [4.78, 5) is 11.1. The van der Waals surface area contributed by atoms with E-state index < -0.39 is 11.8 Å².